The van der Waals surface area contributed by atoms with Crippen LogP contribution in [0.1, 0.15) is 17.2 Å². The number of carbonyl (C=O) groups is 1. The third-order valence-corrected chi connectivity index (χ3v) is 3.37. The standard InChI is InChI=1S/C15H14N2O2S/c1-2-11-4-3-5-13(8-11)17-15(19)16-9-14(18)12-6-7-20-10-12/h1,3-8,10,14,18H,9H2,(H2,16,17,19). The van der Waals surface area contributed by atoms with Gasteiger partial charge in [0.2, 0.25) is 0 Å². The molecule has 2 amide bonds. The van der Waals surface area contributed by atoms with E-state index < -0.39 is 6.10 Å². The van der Waals surface area contributed by atoms with Gasteiger partial charge < -0.3 is 15.7 Å². The van der Waals surface area contributed by atoms with Crippen molar-refractivity contribution in [2.75, 3.05) is 11.9 Å². The largest absolute Gasteiger partial charge is 0.387 e. The van der Waals surface area contributed by atoms with Crippen LogP contribution in [0.25, 0.3) is 0 Å². The van der Waals surface area contributed by atoms with Crippen LogP contribution in [0.15, 0.2) is 41.1 Å². The average Bonchev–Trinajstić information content (AvgIpc) is 2.99. The summed E-state index contributed by atoms with van der Waals surface area (Å²) in [5.74, 6) is 2.50. The highest BCUT2D eigenvalue weighted by atomic mass is 32.1. The van der Waals surface area contributed by atoms with Crippen LogP contribution in [0.3, 0.4) is 0 Å². The Hall–Kier alpha value is -2.29. The molecule has 0 saturated heterocycles. The predicted octanol–water partition coefficient (Wildman–Crippen LogP) is 2.58. The second-order valence-corrected chi connectivity index (χ2v) is 4.91. The number of hydrogen-bond acceptors (Lipinski definition) is 3. The Labute approximate surface area is 121 Å². The molecule has 1 atom stereocenters. The first kappa shape index (κ1) is 14.1. The maximum absolute atomic E-state index is 11.7. The third kappa shape index (κ3) is 3.85. The summed E-state index contributed by atoms with van der Waals surface area (Å²) in [6.45, 7) is 0.150. The van der Waals surface area contributed by atoms with Gasteiger partial charge in [-0.05, 0) is 40.6 Å². The summed E-state index contributed by atoms with van der Waals surface area (Å²) in [4.78, 5) is 11.7. The second kappa shape index (κ2) is 6.75. The zero-order chi connectivity index (χ0) is 14.4. The van der Waals surface area contributed by atoms with E-state index in [4.69, 9.17) is 6.42 Å². The van der Waals surface area contributed by atoms with Gasteiger partial charge in [0.25, 0.3) is 0 Å². The summed E-state index contributed by atoms with van der Waals surface area (Å²) >= 11 is 1.50. The number of aliphatic hydroxyl groups is 1. The maximum Gasteiger partial charge on any atom is 0.319 e. The number of aliphatic hydroxyl groups excluding tert-OH is 1. The first-order valence-electron chi connectivity index (χ1n) is 6.00. The quantitative estimate of drug-likeness (QED) is 0.757. The van der Waals surface area contributed by atoms with Gasteiger partial charge >= 0.3 is 6.03 Å². The molecule has 0 bridgehead atoms. The molecule has 1 heterocycles. The van der Waals surface area contributed by atoms with Crippen LogP contribution in [0.5, 0.6) is 0 Å². The molecule has 1 aromatic carbocycles. The minimum Gasteiger partial charge on any atom is -0.387 e. The van der Waals surface area contributed by atoms with Crippen molar-refractivity contribution < 1.29 is 9.90 Å². The van der Waals surface area contributed by atoms with Gasteiger partial charge in [0.1, 0.15) is 0 Å². The molecule has 0 aliphatic heterocycles. The molecule has 2 rings (SSSR count). The number of hydrogen-bond donors (Lipinski definition) is 3. The van der Waals surface area contributed by atoms with Gasteiger partial charge in [-0.2, -0.15) is 11.3 Å². The van der Waals surface area contributed by atoms with Crippen LogP contribution in [0.4, 0.5) is 10.5 Å². The molecule has 4 nitrogen and oxygen atoms in total. The van der Waals surface area contributed by atoms with Crippen molar-refractivity contribution in [1.29, 1.82) is 0 Å². The number of benzene rings is 1. The molecule has 2 aromatic rings. The SMILES string of the molecule is C#Cc1cccc(NC(=O)NCC(O)c2ccsc2)c1. The first-order valence-corrected chi connectivity index (χ1v) is 6.95. The van der Waals surface area contributed by atoms with Crippen molar-refractivity contribution >= 4 is 23.1 Å². The van der Waals surface area contributed by atoms with E-state index in [0.717, 1.165) is 5.56 Å². The minimum absolute atomic E-state index is 0.150. The number of anilines is 1. The Balaban J connectivity index is 1.85. The Morgan fingerprint density at radius 1 is 1.45 bits per heavy atom. The predicted molar refractivity (Wildman–Crippen MR) is 80.7 cm³/mol. The van der Waals surface area contributed by atoms with E-state index in [9.17, 15) is 9.90 Å². The van der Waals surface area contributed by atoms with Gasteiger partial charge in [0.05, 0.1) is 6.10 Å². The van der Waals surface area contributed by atoms with Gasteiger partial charge in [0.15, 0.2) is 0 Å². The molecule has 0 fully saturated rings. The lowest BCUT2D eigenvalue weighted by Gasteiger charge is -2.11. The average molecular weight is 286 g/mol. The lowest BCUT2D eigenvalue weighted by atomic mass is 10.2. The van der Waals surface area contributed by atoms with E-state index in [2.05, 4.69) is 16.6 Å². The number of rotatable bonds is 4. The van der Waals surface area contributed by atoms with E-state index in [-0.39, 0.29) is 12.6 Å². The Bertz CT molecular complexity index is 617. The number of terminal acetylenes is 1. The second-order valence-electron chi connectivity index (χ2n) is 4.13. The van der Waals surface area contributed by atoms with Gasteiger partial charge in [-0.25, -0.2) is 4.79 Å². The summed E-state index contributed by atoms with van der Waals surface area (Å²) in [7, 11) is 0. The van der Waals surface area contributed by atoms with E-state index in [1.165, 1.54) is 11.3 Å². The van der Waals surface area contributed by atoms with E-state index in [1.54, 1.807) is 24.3 Å². The molecule has 3 N–H and O–H groups in total. The van der Waals surface area contributed by atoms with Crippen LogP contribution >= 0.6 is 11.3 Å². The monoisotopic (exact) mass is 286 g/mol. The van der Waals surface area contributed by atoms with Crippen molar-refractivity contribution in [1.82, 2.24) is 5.32 Å². The fraction of sp³-hybridized carbons (Fsp3) is 0.133. The van der Waals surface area contributed by atoms with Gasteiger partial charge in [-0.3, -0.25) is 0 Å². The molecule has 0 aliphatic rings. The van der Waals surface area contributed by atoms with E-state index in [0.29, 0.717) is 11.3 Å². The van der Waals surface area contributed by atoms with Crippen molar-refractivity contribution in [2.24, 2.45) is 0 Å². The van der Waals surface area contributed by atoms with Crippen molar-refractivity contribution in [3.63, 3.8) is 0 Å². The molecular weight excluding hydrogens is 272 g/mol. The highest BCUT2D eigenvalue weighted by molar-refractivity contribution is 7.07. The zero-order valence-electron chi connectivity index (χ0n) is 10.7. The van der Waals surface area contributed by atoms with Crippen LogP contribution in [-0.2, 0) is 0 Å². The summed E-state index contributed by atoms with van der Waals surface area (Å²) < 4.78 is 0. The van der Waals surface area contributed by atoms with E-state index in [1.807, 2.05) is 16.8 Å². The van der Waals surface area contributed by atoms with Gasteiger partial charge in [0, 0.05) is 17.8 Å². The fourth-order valence-electron chi connectivity index (χ4n) is 1.63. The normalized spacial score (nSPS) is 11.4. The zero-order valence-corrected chi connectivity index (χ0v) is 11.5. The minimum atomic E-state index is -0.705. The Kier molecular flexibility index (Phi) is 4.77. The molecule has 5 heteroatoms. The van der Waals surface area contributed by atoms with Crippen molar-refractivity contribution in [3.05, 3.63) is 52.2 Å². The molecule has 1 unspecified atom stereocenters. The van der Waals surface area contributed by atoms with Gasteiger partial charge in [-0.1, -0.05) is 12.0 Å². The van der Waals surface area contributed by atoms with Crippen molar-refractivity contribution in [3.8, 4) is 12.3 Å². The summed E-state index contributed by atoms with van der Waals surface area (Å²) in [5.41, 5.74) is 2.11. The molecule has 0 aliphatic carbocycles. The highest BCUT2D eigenvalue weighted by Gasteiger charge is 2.09. The first-order chi connectivity index (χ1) is 9.69. The molecule has 0 saturated carbocycles. The molecular formula is C15H14N2O2S. The Morgan fingerprint density at radius 2 is 2.30 bits per heavy atom. The van der Waals surface area contributed by atoms with Crippen LogP contribution in [0.2, 0.25) is 0 Å². The molecule has 20 heavy (non-hydrogen) atoms. The van der Waals surface area contributed by atoms with Gasteiger partial charge in [-0.15, -0.1) is 6.42 Å². The van der Waals surface area contributed by atoms with Crippen LogP contribution in [0, 0.1) is 12.3 Å². The summed E-state index contributed by atoms with van der Waals surface area (Å²) in [5, 5.41) is 18.8. The van der Waals surface area contributed by atoms with Crippen molar-refractivity contribution in [2.45, 2.75) is 6.10 Å². The number of amides is 2. The number of thiophene rings is 1. The topological polar surface area (TPSA) is 61.4 Å². The molecule has 0 radical (unpaired) electrons. The lowest BCUT2D eigenvalue weighted by molar-refractivity contribution is 0.175. The third-order valence-electron chi connectivity index (χ3n) is 2.67. The fourth-order valence-corrected chi connectivity index (χ4v) is 2.34. The number of nitrogens with one attached hydrogen (secondary N) is 2. The number of urea groups is 1. The highest BCUT2D eigenvalue weighted by Crippen LogP contribution is 2.15. The van der Waals surface area contributed by atoms with Crippen LogP contribution in [-0.4, -0.2) is 17.7 Å². The smallest absolute Gasteiger partial charge is 0.319 e. The molecule has 1 aromatic heterocycles. The van der Waals surface area contributed by atoms with Crippen LogP contribution < -0.4 is 10.6 Å². The van der Waals surface area contributed by atoms with E-state index >= 15 is 0 Å². The number of carbonyl (C=O) groups excluding carboxylic acids is 1. The molecule has 0 spiro atoms. The lowest BCUT2D eigenvalue weighted by Crippen LogP contribution is -2.32. The summed E-state index contributed by atoms with van der Waals surface area (Å²) in [6.07, 6.45) is 4.59. The molecule has 102 valence electrons. The maximum atomic E-state index is 11.7. The summed E-state index contributed by atoms with van der Waals surface area (Å²) in [6, 6.07) is 8.44. The Morgan fingerprint density at radius 3 is 3.00 bits per heavy atom.